The first kappa shape index (κ1) is 30.6. The molecule has 1 atom stereocenters. The highest BCUT2D eigenvalue weighted by Crippen LogP contribution is 2.47. The maximum Gasteiger partial charge on any atom is 0.395 e. The van der Waals surface area contributed by atoms with Crippen molar-refractivity contribution < 1.29 is 22.0 Å². The molecular formula is C31H28ClF5N8. The number of pyridine rings is 2. The number of halogens is 6. The number of nitrogens with one attached hydrogen (secondary N) is 4. The number of benzene rings is 2. The fourth-order valence-corrected chi connectivity index (χ4v) is 5.57. The van der Waals surface area contributed by atoms with E-state index in [4.69, 9.17) is 11.6 Å². The summed E-state index contributed by atoms with van der Waals surface area (Å²) < 4.78 is 68.9. The Balaban J connectivity index is 1.44. The zero-order valence-corrected chi connectivity index (χ0v) is 24.9. The Morgan fingerprint density at radius 1 is 1.11 bits per heavy atom. The average Bonchev–Trinajstić information content (AvgIpc) is 3.68. The van der Waals surface area contributed by atoms with Crippen LogP contribution in [0.25, 0.3) is 21.8 Å². The van der Waals surface area contributed by atoms with E-state index in [9.17, 15) is 27.2 Å². The smallest absolute Gasteiger partial charge is 0.382 e. The Morgan fingerprint density at radius 2 is 1.89 bits per heavy atom. The third-order valence-electron chi connectivity index (χ3n) is 8.37. The van der Waals surface area contributed by atoms with Gasteiger partial charge in [-0.15, -0.1) is 5.53 Å². The van der Waals surface area contributed by atoms with Crippen molar-refractivity contribution in [1.29, 1.82) is 5.26 Å². The molecule has 45 heavy (non-hydrogen) atoms. The van der Waals surface area contributed by atoms with Crippen molar-refractivity contribution in [1.82, 2.24) is 25.9 Å². The maximum absolute atomic E-state index is 14.0. The molecular weight excluding hydrogens is 615 g/mol. The molecule has 2 aliphatic rings. The van der Waals surface area contributed by atoms with E-state index in [-0.39, 0.29) is 21.8 Å². The highest BCUT2D eigenvalue weighted by atomic mass is 35.5. The van der Waals surface area contributed by atoms with Crippen molar-refractivity contribution in [3.63, 3.8) is 0 Å². The van der Waals surface area contributed by atoms with Crippen LogP contribution in [0, 0.1) is 16.7 Å². The Morgan fingerprint density at radius 3 is 2.58 bits per heavy atom. The van der Waals surface area contributed by atoms with Gasteiger partial charge in [-0.25, -0.2) is 8.78 Å². The van der Waals surface area contributed by atoms with E-state index in [1.54, 1.807) is 30.6 Å². The van der Waals surface area contributed by atoms with Gasteiger partial charge in [0.05, 0.1) is 44.5 Å². The van der Waals surface area contributed by atoms with E-state index in [1.807, 2.05) is 30.3 Å². The van der Waals surface area contributed by atoms with E-state index in [0.717, 1.165) is 30.3 Å². The molecule has 234 valence electrons. The summed E-state index contributed by atoms with van der Waals surface area (Å²) in [5.41, 5.74) is 5.46. The first-order valence-electron chi connectivity index (χ1n) is 14.1. The van der Waals surface area contributed by atoms with Crippen molar-refractivity contribution >= 4 is 44.8 Å². The molecule has 4 aromatic rings. The largest absolute Gasteiger partial charge is 0.395 e. The quantitative estimate of drug-likeness (QED) is 0.140. The molecule has 1 aliphatic carbocycles. The lowest BCUT2D eigenvalue weighted by Gasteiger charge is -2.29. The molecule has 1 fully saturated rings. The summed E-state index contributed by atoms with van der Waals surface area (Å²) in [5, 5.41) is 18.8. The van der Waals surface area contributed by atoms with Gasteiger partial charge < -0.3 is 16.1 Å². The van der Waals surface area contributed by atoms with Crippen LogP contribution in [-0.2, 0) is 0 Å². The third kappa shape index (κ3) is 5.53. The molecule has 0 spiro atoms. The fraction of sp³-hybridized carbons (Fsp3) is 0.323. The van der Waals surface area contributed by atoms with Crippen molar-refractivity contribution in [2.24, 2.45) is 5.41 Å². The molecule has 0 saturated heterocycles. The van der Waals surface area contributed by atoms with Crippen molar-refractivity contribution in [2.75, 3.05) is 17.2 Å². The van der Waals surface area contributed by atoms with Gasteiger partial charge in [-0.05, 0) is 56.5 Å². The predicted octanol–water partition coefficient (Wildman–Crippen LogP) is 7.43. The number of anilines is 2. The van der Waals surface area contributed by atoms with Crippen LogP contribution in [0.1, 0.15) is 43.9 Å². The van der Waals surface area contributed by atoms with Crippen LogP contribution in [0.2, 0.25) is 5.02 Å². The first-order valence-corrected chi connectivity index (χ1v) is 14.5. The number of nitrogens with zero attached hydrogens (tertiary/aromatic N) is 4. The van der Waals surface area contributed by atoms with Gasteiger partial charge in [0.1, 0.15) is 11.6 Å². The number of nitriles is 1. The summed E-state index contributed by atoms with van der Waals surface area (Å²) in [7, 11) is 0. The van der Waals surface area contributed by atoms with Crippen LogP contribution in [0.3, 0.4) is 0 Å². The number of fused-ring (bicyclic) bond motifs is 2. The standard InChI is InChI=1S/C31H28ClF5N8/c1-29(2,31(35,36)37)16-41-25-17(13-38)14-40-26-21(25)11-18(12-22(26)32)42-27(20-5-3-7-23-19(20)6-4-10-39-23)24-15-45(44-43-24)30(8-9-30)28(33)34/h3-7,10-12,14-15,27-28,42-44H,8-9,16H2,1-2H3,(H,40,41)/t27-/m0/s1. The molecule has 1 saturated carbocycles. The Kier molecular flexibility index (Phi) is 7.61. The van der Waals surface area contributed by atoms with Gasteiger partial charge in [0.2, 0.25) is 0 Å². The second kappa shape index (κ2) is 11.2. The number of rotatable bonds is 9. The monoisotopic (exact) mass is 642 g/mol. The molecule has 6 rings (SSSR count). The summed E-state index contributed by atoms with van der Waals surface area (Å²) in [5.74, 6) is 0. The first-order chi connectivity index (χ1) is 21.3. The van der Waals surface area contributed by atoms with Crippen LogP contribution >= 0.6 is 11.6 Å². The summed E-state index contributed by atoms with van der Waals surface area (Å²) in [4.78, 5) is 8.75. The second-order valence-corrected chi connectivity index (χ2v) is 12.2. The van der Waals surface area contributed by atoms with Crippen molar-refractivity contribution in [2.45, 2.75) is 50.9 Å². The van der Waals surface area contributed by atoms with Crippen molar-refractivity contribution in [3.8, 4) is 6.07 Å². The molecule has 2 aromatic heterocycles. The summed E-state index contributed by atoms with van der Waals surface area (Å²) in [6, 6.07) is 13.9. The molecule has 14 heteroatoms. The average molecular weight is 643 g/mol. The lowest BCUT2D eigenvalue weighted by molar-refractivity contribution is -0.206. The molecule has 3 heterocycles. The molecule has 0 radical (unpaired) electrons. The number of aromatic nitrogens is 2. The Bertz CT molecular complexity index is 1840. The predicted molar refractivity (Wildman–Crippen MR) is 162 cm³/mol. The van der Waals surface area contributed by atoms with Gasteiger partial charge in [0.25, 0.3) is 6.43 Å². The number of hydrazine groups is 2. The molecule has 8 nitrogen and oxygen atoms in total. The number of alkyl halides is 5. The minimum Gasteiger partial charge on any atom is -0.382 e. The normalized spacial score (nSPS) is 16.8. The van der Waals surface area contributed by atoms with Crippen LogP contribution in [0.5, 0.6) is 0 Å². The van der Waals surface area contributed by atoms with Crippen LogP contribution in [-0.4, -0.2) is 39.7 Å². The molecule has 2 aromatic carbocycles. The van der Waals surface area contributed by atoms with E-state index in [1.165, 1.54) is 11.2 Å². The van der Waals surface area contributed by atoms with Crippen LogP contribution in [0.4, 0.5) is 33.3 Å². The summed E-state index contributed by atoms with van der Waals surface area (Å²) in [6.07, 6.45) is -1.86. The fourth-order valence-electron chi connectivity index (χ4n) is 5.30. The third-order valence-corrected chi connectivity index (χ3v) is 8.66. The second-order valence-electron chi connectivity index (χ2n) is 11.8. The molecule has 0 bridgehead atoms. The lowest BCUT2D eigenvalue weighted by Crippen LogP contribution is -2.48. The zero-order valence-electron chi connectivity index (χ0n) is 24.1. The SMILES string of the molecule is CC(C)(CNc1c(C#N)cnc2c(Cl)cc(N[C@H](C3=CN(C4(C(F)F)CC4)NN3)c3cccc4ncccc34)cc12)C(F)(F)F. The Hall–Kier alpha value is -4.41. The number of hydrogen-bond donors (Lipinski definition) is 4. The highest BCUT2D eigenvalue weighted by Gasteiger charge is 2.56. The van der Waals surface area contributed by atoms with E-state index in [0.29, 0.717) is 29.6 Å². The van der Waals surface area contributed by atoms with E-state index in [2.05, 4.69) is 31.6 Å². The topological polar surface area (TPSA) is 101 Å². The van der Waals surface area contributed by atoms with Gasteiger partial charge in [0, 0.05) is 41.6 Å². The lowest BCUT2D eigenvalue weighted by atomic mass is 9.92. The van der Waals surface area contributed by atoms with Gasteiger partial charge in [-0.3, -0.25) is 15.0 Å². The summed E-state index contributed by atoms with van der Waals surface area (Å²) in [6.45, 7) is 1.63. The molecule has 0 unspecified atom stereocenters. The van der Waals surface area contributed by atoms with Gasteiger partial charge in [-0.2, -0.15) is 18.4 Å². The van der Waals surface area contributed by atoms with Crippen LogP contribution < -0.4 is 21.6 Å². The number of hydrogen-bond acceptors (Lipinski definition) is 8. The van der Waals surface area contributed by atoms with E-state index < -0.39 is 36.1 Å². The van der Waals surface area contributed by atoms with Crippen molar-refractivity contribution in [3.05, 3.63) is 82.9 Å². The zero-order chi connectivity index (χ0) is 32.1. The summed E-state index contributed by atoms with van der Waals surface area (Å²) >= 11 is 6.67. The molecule has 4 N–H and O–H groups in total. The maximum atomic E-state index is 14.0. The minimum absolute atomic E-state index is 0.0482. The molecule has 0 amide bonds. The van der Waals surface area contributed by atoms with Gasteiger partial charge >= 0.3 is 6.18 Å². The van der Waals surface area contributed by atoms with Crippen LogP contribution in [0.15, 0.2) is 66.8 Å². The Labute approximate surface area is 260 Å². The molecule has 1 aliphatic heterocycles. The van der Waals surface area contributed by atoms with Gasteiger partial charge in [0.15, 0.2) is 0 Å². The van der Waals surface area contributed by atoms with E-state index >= 15 is 0 Å². The minimum atomic E-state index is -4.49. The highest BCUT2D eigenvalue weighted by molar-refractivity contribution is 6.35. The van der Waals surface area contributed by atoms with Gasteiger partial charge in [-0.1, -0.05) is 29.8 Å².